The van der Waals surface area contributed by atoms with Crippen molar-refractivity contribution in [2.45, 2.75) is 25.9 Å². The summed E-state index contributed by atoms with van der Waals surface area (Å²) in [5.74, 6) is -1.64. The molecule has 0 fully saturated rings. The standard InChI is InChI=1S/C22H26ClFN4O4/c1-13(2)20(26-21(29)17-9-8-16(28(31)32)11-18(17)23)22(30)25-12-19(27(3)4)14-6-5-7-15(24)10-14/h5-11,13,19-20H,12H2,1-4H3,(H,25,30)(H,26,29). The van der Waals surface area contributed by atoms with Gasteiger partial charge in [0.25, 0.3) is 11.6 Å². The molecule has 2 rings (SSSR count). The third-order valence-electron chi connectivity index (χ3n) is 4.97. The summed E-state index contributed by atoms with van der Waals surface area (Å²) in [5, 5.41) is 16.2. The summed E-state index contributed by atoms with van der Waals surface area (Å²) in [6.07, 6.45) is 0. The third-order valence-corrected chi connectivity index (χ3v) is 5.28. The lowest BCUT2D eigenvalue weighted by molar-refractivity contribution is -0.384. The molecule has 2 amide bonds. The van der Waals surface area contributed by atoms with Crippen LogP contribution in [0.25, 0.3) is 0 Å². The number of hydrogen-bond acceptors (Lipinski definition) is 5. The molecule has 32 heavy (non-hydrogen) atoms. The van der Waals surface area contributed by atoms with Crippen molar-refractivity contribution in [2.24, 2.45) is 5.92 Å². The summed E-state index contributed by atoms with van der Waals surface area (Å²) in [6, 6.07) is 8.50. The normalized spacial score (nSPS) is 13.0. The highest BCUT2D eigenvalue weighted by Gasteiger charge is 2.27. The molecule has 0 aromatic heterocycles. The van der Waals surface area contributed by atoms with Crippen molar-refractivity contribution in [1.29, 1.82) is 0 Å². The topological polar surface area (TPSA) is 105 Å². The summed E-state index contributed by atoms with van der Waals surface area (Å²) in [4.78, 5) is 37.6. The van der Waals surface area contributed by atoms with E-state index in [1.807, 2.05) is 19.0 Å². The SMILES string of the molecule is CC(C)C(NC(=O)c1ccc([N+](=O)[O-])cc1Cl)C(=O)NCC(c1cccc(F)c1)N(C)C. The number of carbonyl (C=O) groups is 2. The zero-order valence-electron chi connectivity index (χ0n) is 18.3. The van der Waals surface area contributed by atoms with Crippen LogP contribution < -0.4 is 10.6 Å². The van der Waals surface area contributed by atoms with Crippen molar-refractivity contribution < 1.29 is 18.9 Å². The Hall–Kier alpha value is -3.04. The van der Waals surface area contributed by atoms with E-state index in [1.165, 1.54) is 24.3 Å². The van der Waals surface area contributed by atoms with Crippen molar-refractivity contribution in [3.05, 3.63) is 74.5 Å². The molecule has 10 heteroatoms. The second-order valence-electron chi connectivity index (χ2n) is 7.90. The lowest BCUT2D eigenvalue weighted by Crippen LogP contribution is -2.51. The van der Waals surface area contributed by atoms with Crippen LogP contribution in [0.5, 0.6) is 0 Å². The largest absolute Gasteiger partial charge is 0.352 e. The average Bonchev–Trinajstić information content (AvgIpc) is 2.71. The van der Waals surface area contributed by atoms with Crippen LogP contribution in [-0.4, -0.2) is 48.3 Å². The molecule has 0 aliphatic heterocycles. The van der Waals surface area contributed by atoms with Crippen molar-refractivity contribution in [2.75, 3.05) is 20.6 Å². The van der Waals surface area contributed by atoms with Crippen molar-refractivity contribution in [1.82, 2.24) is 15.5 Å². The smallest absolute Gasteiger partial charge is 0.270 e. The predicted molar refractivity (Wildman–Crippen MR) is 120 cm³/mol. The average molecular weight is 465 g/mol. The summed E-state index contributed by atoms with van der Waals surface area (Å²) in [5.41, 5.74) is 0.497. The first kappa shape index (κ1) is 25.2. The zero-order valence-corrected chi connectivity index (χ0v) is 19.0. The fraction of sp³-hybridized carbons (Fsp3) is 0.364. The molecule has 0 aliphatic carbocycles. The number of amides is 2. The van der Waals surface area contributed by atoms with Gasteiger partial charge < -0.3 is 15.5 Å². The number of non-ortho nitro benzene ring substituents is 1. The first-order valence-electron chi connectivity index (χ1n) is 9.95. The van der Waals surface area contributed by atoms with E-state index in [0.29, 0.717) is 5.56 Å². The Bertz CT molecular complexity index is 1000. The quantitative estimate of drug-likeness (QED) is 0.436. The second-order valence-corrected chi connectivity index (χ2v) is 8.30. The minimum atomic E-state index is -0.871. The summed E-state index contributed by atoms with van der Waals surface area (Å²) < 4.78 is 13.6. The van der Waals surface area contributed by atoms with E-state index < -0.39 is 22.8 Å². The van der Waals surface area contributed by atoms with Gasteiger partial charge in [0.2, 0.25) is 5.91 Å². The monoisotopic (exact) mass is 464 g/mol. The third kappa shape index (κ3) is 6.48. The molecule has 2 aromatic carbocycles. The number of halogens is 2. The summed E-state index contributed by atoms with van der Waals surface area (Å²) in [6.45, 7) is 3.75. The molecule has 2 atom stereocenters. The number of nitro groups is 1. The van der Waals surface area contributed by atoms with Crippen LogP contribution in [-0.2, 0) is 4.79 Å². The van der Waals surface area contributed by atoms with Gasteiger partial charge in [-0.1, -0.05) is 37.6 Å². The summed E-state index contributed by atoms with van der Waals surface area (Å²) >= 11 is 6.03. The molecule has 0 spiro atoms. The summed E-state index contributed by atoms with van der Waals surface area (Å²) in [7, 11) is 3.64. The highest BCUT2D eigenvalue weighted by molar-refractivity contribution is 6.34. The molecule has 0 saturated carbocycles. The van der Waals surface area contributed by atoms with Gasteiger partial charge in [-0.25, -0.2) is 4.39 Å². The molecule has 2 N–H and O–H groups in total. The molecular weight excluding hydrogens is 439 g/mol. The molecule has 2 aromatic rings. The molecule has 0 bridgehead atoms. The Kier molecular flexibility index (Phi) is 8.68. The first-order chi connectivity index (χ1) is 15.0. The van der Waals surface area contributed by atoms with Crippen LogP contribution in [0.4, 0.5) is 10.1 Å². The molecule has 2 unspecified atom stereocenters. The Labute approximate surface area is 190 Å². The minimum Gasteiger partial charge on any atom is -0.352 e. The fourth-order valence-corrected chi connectivity index (χ4v) is 3.44. The van der Waals surface area contributed by atoms with E-state index in [9.17, 15) is 24.1 Å². The number of nitrogens with one attached hydrogen (secondary N) is 2. The highest BCUT2D eigenvalue weighted by atomic mass is 35.5. The van der Waals surface area contributed by atoms with Gasteiger partial charge in [-0.3, -0.25) is 19.7 Å². The van der Waals surface area contributed by atoms with Gasteiger partial charge in [-0.05, 0) is 43.8 Å². The zero-order chi connectivity index (χ0) is 24.0. The van der Waals surface area contributed by atoms with Gasteiger partial charge in [-0.15, -0.1) is 0 Å². The molecular formula is C22H26ClFN4O4. The van der Waals surface area contributed by atoms with E-state index in [-0.39, 0.29) is 40.6 Å². The molecule has 0 heterocycles. The van der Waals surface area contributed by atoms with Gasteiger partial charge in [0, 0.05) is 18.7 Å². The fourth-order valence-electron chi connectivity index (χ4n) is 3.18. The van der Waals surface area contributed by atoms with Crippen molar-refractivity contribution in [3.63, 3.8) is 0 Å². The minimum absolute atomic E-state index is 0.0293. The first-order valence-corrected chi connectivity index (χ1v) is 10.3. The van der Waals surface area contributed by atoms with Crippen LogP contribution in [0, 0.1) is 21.8 Å². The van der Waals surface area contributed by atoms with Crippen LogP contribution in [0.15, 0.2) is 42.5 Å². The number of nitrogens with zero attached hydrogens (tertiary/aromatic N) is 2. The Balaban J connectivity index is 2.12. The Morgan fingerprint density at radius 2 is 1.88 bits per heavy atom. The number of hydrogen-bond donors (Lipinski definition) is 2. The molecule has 172 valence electrons. The number of likely N-dealkylation sites (N-methyl/N-ethyl adjacent to an activating group) is 1. The van der Waals surface area contributed by atoms with E-state index in [4.69, 9.17) is 11.6 Å². The Morgan fingerprint density at radius 1 is 1.19 bits per heavy atom. The van der Waals surface area contributed by atoms with Crippen molar-refractivity contribution in [3.8, 4) is 0 Å². The maximum atomic E-state index is 13.6. The van der Waals surface area contributed by atoms with Gasteiger partial charge in [0.15, 0.2) is 0 Å². The van der Waals surface area contributed by atoms with Gasteiger partial charge >= 0.3 is 0 Å². The molecule has 0 aliphatic rings. The number of nitro benzene ring substituents is 1. The Morgan fingerprint density at radius 3 is 2.41 bits per heavy atom. The number of carbonyl (C=O) groups excluding carboxylic acids is 2. The van der Waals surface area contributed by atoms with E-state index in [0.717, 1.165) is 6.07 Å². The maximum absolute atomic E-state index is 13.6. The number of rotatable bonds is 9. The lowest BCUT2D eigenvalue weighted by atomic mass is 10.0. The maximum Gasteiger partial charge on any atom is 0.270 e. The highest BCUT2D eigenvalue weighted by Crippen LogP contribution is 2.23. The van der Waals surface area contributed by atoms with E-state index in [1.54, 1.807) is 26.0 Å². The molecule has 0 radical (unpaired) electrons. The van der Waals surface area contributed by atoms with Crippen LogP contribution in [0.3, 0.4) is 0 Å². The second kappa shape index (κ2) is 11.0. The molecule has 8 nitrogen and oxygen atoms in total. The number of benzene rings is 2. The molecule has 0 saturated heterocycles. The van der Waals surface area contributed by atoms with Gasteiger partial charge in [0.05, 0.1) is 21.6 Å². The van der Waals surface area contributed by atoms with E-state index >= 15 is 0 Å². The van der Waals surface area contributed by atoms with Crippen LogP contribution in [0.2, 0.25) is 5.02 Å². The van der Waals surface area contributed by atoms with Gasteiger partial charge in [-0.2, -0.15) is 0 Å². The van der Waals surface area contributed by atoms with Gasteiger partial charge in [0.1, 0.15) is 11.9 Å². The predicted octanol–water partition coefficient (Wildman–Crippen LogP) is 3.56. The van der Waals surface area contributed by atoms with Crippen LogP contribution in [0.1, 0.15) is 35.8 Å². The van der Waals surface area contributed by atoms with E-state index in [2.05, 4.69) is 10.6 Å². The van der Waals surface area contributed by atoms with Crippen molar-refractivity contribution >= 4 is 29.1 Å². The lowest BCUT2D eigenvalue weighted by Gasteiger charge is -2.27. The van der Waals surface area contributed by atoms with Crippen LogP contribution >= 0.6 is 11.6 Å².